The number of carboxylic acid groups (broad SMARTS) is 4. The van der Waals surface area contributed by atoms with Crippen LogP contribution in [-0.4, -0.2) is 136 Å². The fourth-order valence-corrected chi connectivity index (χ4v) is 3.23. The topological polar surface area (TPSA) is 162 Å². The van der Waals surface area contributed by atoms with Gasteiger partial charge in [-0.25, -0.2) is 4.79 Å². The maximum absolute atomic E-state index is 11.4. The minimum Gasteiger partial charge on any atom is -0.480 e. The molecule has 0 atom stereocenters. The maximum Gasteiger partial charge on any atom is 0.407 e. The highest BCUT2D eigenvalue weighted by Crippen LogP contribution is 2.03. The van der Waals surface area contributed by atoms with Crippen LogP contribution in [0.4, 0.5) is 4.79 Å². The van der Waals surface area contributed by atoms with E-state index in [9.17, 15) is 24.3 Å². The molecule has 29 heavy (non-hydrogen) atoms. The lowest BCUT2D eigenvalue weighted by Gasteiger charge is -2.30. The van der Waals surface area contributed by atoms with Gasteiger partial charge in [-0.15, -0.1) is 0 Å². The molecule has 4 N–H and O–H groups in total. The lowest BCUT2D eigenvalue weighted by Crippen LogP contribution is -2.44. The molecule has 12 nitrogen and oxygen atoms in total. The SMILES string of the molecule is O=C(O)CN1CCCN(CC(=O)O)CCN(C(=O)O)CCCN(CC(=O)O)CC1. The van der Waals surface area contributed by atoms with Crippen molar-refractivity contribution < 1.29 is 39.6 Å². The molecular formula is C17H30N4O8. The summed E-state index contributed by atoms with van der Waals surface area (Å²) in [4.78, 5) is 50.9. The van der Waals surface area contributed by atoms with Gasteiger partial charge in [-0.1, -0.05) is 0 Å². The molecule has 1 heterocycles. The van der Waals surface area contributed by atoms with Crippen LogP contribution >= 0.6 is 0 Å². The summed E-state index contributed by atoms with van der Waals surface area (Å²) in [5.41, 5.74) is 0. The predicted octanol–water partition coefficient (Wildman–Crippen LogP) is -1.08. The average Bonchev–Trinajstić information content (AvgIpc) is 2.59. The van der Waals surface area contributed by atoms with Gasteiger partial charge in [0.25, 0.3) is 0 Å². The van der Waals surface area contributed by atoms with Crippen molar-refractivity contribution in [2.24, 2.45) is 0 Å². The van der Waals surface area contributed by atoms with E-state index < -0.39 is 24.0 Å². The van der Waals surface area contributed by atoms with Gasteiger partial charge in [0.05, 0.1) is 19.6 Å². The zero-order valence-electron chi connectivity index (χ0n) is 16.4. The van der Waals surface area contributed by atoms with Gasteiger partial charge in [-0.2, -0.15) is 0 Å². The van der Waals surface area contributed by atoms with Crippen LogP contribution in [0, 0.1) is 0 Å². The van der Waals surface area contributed by atoms with E-state index in [-0.39, 0.29) is 39.3 Å². The summed E-state index contributed by atoms with van der Waals surface area (Å²) in [7, 11) is 0. The third-order valence-corrected chi connectivity index (χ3v) is 4.62. The summed E-state index contributed by atoms with van der Waals surface area (Å²) in [6, 6.07) is 0. The molecule has 1 rings (SSSR count). The van der Waals surface area contributed by atoms with Crippen molar-refractivity contribution in [2.45, 2.75) is 12.8 Å². The molecule has 0 aromatic carbocycles. The molecule has 12 heteroatoms. The van der Waals surface area contributed by atoms with E-state index in [1.54, 1.807) is 14.7 Å². The van der Waals surface area contributed by atoms with Crippen molar-refractivity contribution >= 4 is 24.0 Å². The van der Waals surface area contributed by atoms with Gasteiger partial charge in [0.15, 0.2) is 0 Å². The van der Waals surface area contributed by atoms with Gasteiger partial charge in [-0.3, -0.25) is 29.1 Å². The largest absolute Gasteiger partial charge is 0.480 e. The van der Waals surface area contributed by atoms with E-state index in [0.29, 0.717) is 45.6 Å². The molecule has 0 spiro atoms. The monoisotopic (exact) mass is 418 g/mol. The fraction of sp³-hybridized carbons (Fsp3) is 0.765. The van der Waals surface area contributed by atoms with E-state index >= 15 is 0 Å². The minimum absolute atomic E-state index is 0.139. The van der Waals surface area contributed by atoms with Gasteiger partial charge in [0, 0.05) is 52.4 Å². The van der Waals surface area contributed by atoms with E-state index in [4.69, 9.17) is 15.3 Å². The molecule has 0 bridgehead atoms. The molecule has 0 saturated carbocycles. The van der Waals surface area contributed by atoms with Crippen LogP contribution in [0.25, 0.3) is 0 Å². The maximum atomic E-state index is 11.4. The normalized spacial score (nSPS) is 19.4. The van der Waals surface area contributed by atoms with Gasteiger partial charge in [0.1, 0.15) is 0 Å². The van der Waals surface area contributed by atoms with Gasteiger partial charge < -0.3 is 25.3 Å². The first-order chi connectivity index (χ1) is 13.7. The second-order valence-corrected chi connectivity index (χ2v) is 6.99. The molecule has 1 aliphatic rings. The van der Waals surface area contributed by atoms with E-state index in [1.807, 2.05) is 0 Å². The molecule has 1 aliphatic heterocycles. The Kier molecular flexibility index (Phi) is 10.9. The molecule has 0 aliphatic carbocycles. The van der Waals surface area contributed by atoms with Gasteiger partial charge >= 0.3 is 24.0 Å². The van der Waals surface area contributed by atoms with Crippen LogP contribution in [0.15, 0.2) is 0 Å². The van der Waals surface area contributed by atoms with Crippen molar-refractivity contribution in [1.29, 1.82) is 0 Å². The van der Waals surface area contributed by atoms with Crippen LogP contribution in [0.3, 0.4) is 0 Å². The number of hydrogen-bond donors (Lipinski definition) is 4. The Hall–Kier alpha value is -2.44. The van der Waals surface area contributed by atoms with E-state index in [1.165, 1.54) is 4.90 Å². The summed E-state index contributed by atoms with van der Waals surface area (Å²) >= 11 is 0. The van der Waals surface area contributed by atoms with E-state index in [0.717, 1.165) is 0 Å². The Morgan fingerprint density at radius 3 is 1.21 bits per heavy atom. The first-order valence-electron chi connectivity index (χ1n) is 9.47. The van der Waals surface area contributed by atoms with Crippen molar-refractivity contribution in [3.05, 3.63) is 0 Å². The second kappa shape index (κ2) is 12.9. The summed E-state index contributed by atoms with van der Waals surface area (Å²) in [6.07, 6.45) is -0.186. The van der Waals surface area contributed by atoms with Crippen LogP contribution in [0.1, 0.15) is 12.8 Å². The fourth-order valence-electron chi connectivity index (χ4n) is 3.23. The Balaban J connectivity index is 2.87. The number of hydrogen-bond acceptors (Lipinski definition) is 7. The second-order valence-electron chi connectivity index (χ2n) is 6.99. The summed E-state index contributed by atoms with van der Waals surface area (Å²) in [6.45, 7) is 1.80. The Bertz CT molecular complexity index is 574. The molecule has 166 valence electrons. The third-order valence-electron chi connectivity index (χ3n) is 4.62. The zero-order chi connectivity index (χ0) is 21.8. The van der Waals surface area contributed by atoms with Crippen LogP contribution in [-0.2, 0) is 14.4 Å². The van der Waals surface area contributed by atoms with E-state index in [2.05, 4.69) is 0 Å². The molecule has 1 amide bonds. The Morgan fingerprint density at radius 2 is 0.862 bits per heavy atom. The number of rotatable bonds is 6. The molecule has 1 saturated heterocycles. The van der Waals surface area contributed by atoms with Crippen molar-refractivity contribution in [1.82, 2.24) is 19.6 Å². The first kappa shape index (κ1) is 24.6. The summed E-state index contributed by atoms with van der Waals surface area (Å²) < 4.78 is 0. The quantitative estimate of drug-likeness (QED) is 0.415. The lowest BCUT2D eigenvalue weighted by molar-refractivity contribution is -0.140. The molecule has 0 radical (unpaired) electrons. The van der Waals surface area contributed by atoms with Crippen molar-refractivity contribution in [3.8, 4) is 0 Å². The number of carbonyl (C=O) groups is 4. The molecule has 1 fully saturated rings. The van der Waals surface area contributed by atoms with Crippen molar-refractivity contribution in [2.75, 3.05) is 72.0 Å². The first-order valence-corrected chi connectivity index (χ1v) is 9.47. The highest BCUT2D eigenvalue weighted by molar-refractivity contribution is 5.70. The number of aliphatic carboxylic acids is 3. The molecular weight excluding hydrogens is 388 g/mol. The molecule has 0 unspecified atom stereocenters. The number of nitrogens with zero attached hydrogens (tertiary/aromatic N) is 4. The third kappa shape index (κ3) is 11.2. The summed E-state index contributed by atoms with van der Waals surface area (Å²) in [5, 5.41) is 36.6. The van der Waals surface area contributed by atoms with Crippen LogP contribution in [0.5, 0.6) is 0 Å². The van der Waals surface area contributed by atoms with Gasteiger partial charge in [-0.05, 0) is 12.8 Å². The standard InChI is InChI=1S/C17H30N4O8/c22-14(23)11-18-3-1-4-20(13-16(26)27)9-10-21(17(28)29)6-2-5-19(8-7-18)12-15(24)25/h1-13H2,(H,22,23)(H,24,25)(H,26,27)(H,28,29). The van der Waals surface area contributed by atoms with Crippen molar-refractivity contribution in [3.63, 3.8) is 0 Å². The highest BCUT2D eigenvalue weighted by atomic mass is 16.4. The zero-order valence-corrected chi connectivity index (χ0v) is 16.4. The van der Waals surface area contributed by atoms with Gasteiger partial charge in [0.2, 0.25) is 0 Å². The smallest absolute Gasteiger partial charge is 0.407 e. The Labute approximate surface area is 168 Å². The number of amides is 1. The lowest BCUT2D eigenvalue weighted by atomic mass is 10.2. The average molecular weight is 418 g/mol. The predicted molar refractivity (Wildman–Crippen MR) is 101 cm³/mol. The minimum atomic E-state index is -1.11. The van der Waals surface area contributed by atoms with Crippen LogP contribution in [0.2, 0.25) is 0 Å². The van der Waals surface area contributed by atoms with Crippen LogP contribution < -0.4 is 0 Å². The Morgan fingerprint density at radius 1 is 0.517 bits per heavy atom. The number of carboxylic acids is 3. The molecule has 0 aromatic heterocycles. The highest BCUT2D eigenvalue weighted by Gasteiger charge is 2.19. The summed E-state index contributed by atoms with van der Waals surface area (Å²) in [5.74, 6) is -3.01. The molecule has 0 aromatic rings.